The summed E-state index contributed by atoms with van der Waals surface area (Å²) in [7, 11) is 0. The molecule has 0 spiro atoms. The number of rotatable bonds is 15. The summed E-state index contributed by atoms with van der Waals surface area (Å²) >= 11 is 0. The molecule has 60 heavy (non-hydrogen) atoms. The van der Waals surface area contributed by atoms with Gasteiger partial charge in [-0.05, 0) is 0 Å². The van der Waals surface area contributed by atoms with Gasteiger partial charge < -0.3 is 0 Å². The van der Waals surface area contributed by atoms with Gasteiger partial charge in [0, 0.05) is 0 Å². The summed E-state index contributed by atoms with van der Waals surface area (Å²) in [6, 6.07) is -65.6. The van der Waals surface area contributed by atoms with Crippen LogP contribution in [0.15, 0.2) is 0 Å². The quantitative estimate of drug-likeness (QED) is 0.119. The molecule has 0 amide bonds. The highest BCUT2D eigenvalue weighted by molar-refractivity contribution is 5.14. The predicted molar refractivity (Wildman–Crippen MR) is 97.2 cm³/mol. The summed E-state index contributed by atoms with van der Waals surface area (Å²) in [4.78, 5) is -14.1. The van der Waals surface area contributed by atoms with Gasteiger partial charge in [-0.3, -0.25) is 0 Å². The lowest BCUT2D eigenvalue weighted by Gasteiger charge is -2.53. The minimum atomic E-state index is -11.3. The van der Waals surface area contributed by atoms with Crippen LogP contribution >= 0.6 is 0 Å². The molecule has 42 heteroatoms. The van der Waals surface area contributed by atoms with E-state index >= 15 is 0 Å². The van der Waals surface area contributed by atoms with Gasteiger partial charge in [0.2, 0.25) is 0 Å². The second kappa shape index (κ2) is 13.8. The van der Waals surface area contributed by atoms with E-state index < -0.39 is 118 Å². The van der Waals surface area contributed by atoms with Crippen LogP contribution in [0.5, 0.6) is 0 Å². The third kappa shape index (κ3) is 7.16. The third-order valence-corrected chi connectivity index (χ3v) is 6.56. The molecule has 0 aromatic carbocycles. The van der Waals surface area contributed by atoms with Crippen molar-refractivity contribution in [3.8, 4) is 0 Å². The molecular formula is C18F40N2. The fourth-order valence-electron chi connectivity index (χ4n) is 3.36. The monoisotopic (exact) mass is 1000 g/mol. The zero-order valence-electron chi connectivity index (χ0n) is 25.0. The third-order valence-electron chi connectivity index (χ3n) is 6.56. The Kier molecular flexibility index (Phi) is 13.1. The maximum atomic E-state index is 14.9. The Balaban J connectivity index is 9.68. The Bertz CT molecular complexity index is 1310. The van der Waals surface area contributed by atoms with E-state index in [2.05, 4.69) is 0 Å². The van der Waals surface area contributed by atoms with E-state index in [4.69, 9.17) is 0 Å². The molecule has 0 saturated carbocycles. The lowest BCUT2D eigenvalue weighted by Crippen LogP contribution is -2.85. The molecular weight excluding hydrogens is 1000 g/mol. The second-order valence-corrected chi connectivity index (χ2v) is 10.5. The molecule has 0 unspecified atom stereocenters. The zero-order chi connectivity index (χ0) is 50.2. The molecule has 362 valence electrons. The minimum absolute atomic E-state index is 7.06. The summed E-state index contributed by atoms with van der Waals surface area (Å²) in [5, 5.41) is 0. The first-order valence-electron chi connectivity index (χ1n) is 12.2. The van der Waals surface area contributed by atoms with Crippen molar-refractivity contribution in [2.75, 3.05) is 0 Å². The normalized spacial score (nSPS) is 17.3. The lowest BCUT2D eigenvalue weighted by atomic mass is 10.0. The first-order chi connectivity index (χ1) is 25.0. The van der Waals surface area contributed by atoms with Gasteiger partial charge in [-0.15, -0.1) is 9.80 Å². The molecule has 0 aliphatic heterocycles. The topological polar surface area (TPSA) is 6.48 Å². The van der Waals surface area contributed by atoms with Crippen molar-refractivity contribution >= 4 is 0 Å². The number of nitrogens with zero attached hydrogens (tertiary/aromatic N) is 2. The van der Waals surface area contributed by atoms with Crippen molar-refractivity contribution in [2.24, 2.45) is 0 Å². The van der Waals surface area contributed by atoms with Crippen molar-refractivity contribution in [3.63, 3.8) is 0 Å². The lowest BCUT2D eigenvalue weighted by molar-refractivity contribution is -0.554. The van der Waals surface area contributed by atoms with E-state index in [0.29, 0.717) is 0 Å². The van der Waals surface area contributed by atoms with E-state index in [-0.39, 0.29) is 0 Å². The molecule has 0 radical (unpaired) electrons. The van der Waals surface area contributed by atoms with Gasteiger partial charge in [0.05, 0.1) is 0 Å². The average molecular weight is 1000 g/mol. The van der Waals surface area contributed by atoms with Crippen LogP contribution in [-0.4, -0.2) is 118 Å². The van der Waals surface area contributed by atoms with Crippen molar-refractivity contribution in [1.82, 2.24) is 9.80 Å². The van der Waals surface area contributed by atoms with Crippen LogP contribution in [0.3, 0.4) is 0 Å². The van der Waals surface area contributed by atoms with Crippen molar-refractivity contribution in [3.05, 3.63) is 0 Å². The fourth-order valence-corrected chi connectivity index (χ4v) is 3.36. The minimum Gasteiger partial charge on any atom is -0.191 e. The van der Waals surface area contributed by atoms with Gasteiger partial charge in [0.25, 0.3) is 0 Å². The molecule has 0 fully saturated rings. The second-order valence-electron chi connectivity index (χ2n) is 10.5. The molecule has 0 aromatic rings. The Morgan fingerprint density at radius 1 is 0.133 bits per heavy atom. The van der Waals surface area contributed by atoms with Crippen LogP contribution in [0.4, 0.5) is 176 Å². The molecule has 0 rings (SSSR count). The summed E-state index contributed by atoms with van der Waals surface area (Å²) in [5.74, 6) is -79.7. The van der Waals surface area contributed by atoms with E-state index in [0.717, 1.165) is 0 Å². The average Bonchev–Trinajstić information content (AvgIpc) is 2.92. The molecule has 0 aliphatic rings. The van der Waals surface area contributed by atoms with Crippen molar-refractivity contribution in [1.29, 1.82) is 0 Å². The summed E-state index contributed by atoms with van der Waals surface area (Å²) in [5.41, 5.74) is 0. The first kappa shape index (κ1) is 57.1. The van der Waals surface area contributed by atoms with Gasteiger partial charge in [-0.25, -0.2) is 0 Å². The van der Waals surface area contributed by atoms with Gasteiger partial charge >= 0.3 is 108 Å². The maximum Gasteiger partial charge on any atom is 0.460 e. The van der Waals surface area contributed by atoms with Crippen LogP contribution in [0.25, 0.3) is 0 Å². The van der Waals surface area contributed by atoms with E-state index in [1.54, 1.807) is 0 Å². The molecule has 0 saturated heterocycles. The molecule has 0 heterocycles. The zero-order valence-corrected chi connectivity index (χ0v) is 25.0. The number of alkyl halides is 40. The van der Waals surface area contributed by atoms with Gasteiger partial charge in [0.15, 0.2) is 0 Å². The smallest absolute Gasteiger partial charge is 0.191 e. The molecule has 0 aliphatic carbocycles. The van der Waals surface area contributed by atoms with E-state index in [1.807, 2.05) is 0 Å². The highest BCUT2D eigenvalue weighted by atomic mass is 19.5. The van der Waals surface area contributed by atoms with Crippen LogP contribution in [0.2, 0.25) is 0 Å². The number of hydrogen-bond donors (Lipinski definition) is 0. The molecule has 0 N–H and O–H groups in total. The molecule has 0 atom stereocenters. The highest BCUT2D eigenvalue weighted by Crippen LogP contribution is 2.68. The Labute approximate surface area is 295 Å². The molecule has 2 nitrogen and oxygen atoms in total. The Morgan fingerprint density at radius 3 is 0.317 bits per heavy atom. The predicted octanol–water partition coefficient (Wildman–Crippen LogP) is 12.5. The van der Waals surface area contributed by atoms with Crippen LogP contribution in [0.1, 0.15) is 0 Å². The van der Waals surface area contributed by atoms with Crippen LogP contribution < -0.4 is 0 Å². The van der Waals surface area contributed by atoms with Crippen molar-refractivity contribution in [2.45, 2.75) is 108 Å². The fraction of sp³-hybridized carbons (Fsp3) is 1.00. The van der Waals surface area contributed by atoms with Gasteiger partial charge in [-0.1, -0.05) is 0 Å². The van der Waals surface area contributed by atoms with E-state index in [1.165, 1.54) is 0 Å². The van der Waals surface area contributed by atoms with Crippen molar-refractivity contribution < 1.29 is 176 Å². The molecule has 0 bridgehead atoms. The SMILES string of the molecule is FC(F)(F)C(F)(F)C(F)(F)C(F)(F)N(C(F)(F)C(F)(F)N(C(F)(F)C(F)(F)C(F)(F)C(F)(F)F)C(F)(F)C(F)(F)C(F)(F)C(F)(F)F)C(F)(F)C(F)(F)C(F)(F)C(F)(F)F. The van der Waals surface area contributed by atoms with Crippen LogP contribution in [-0.2, 0) is 0 Å². The maximum absolute atomic E-state index is 14.9. The summed E-state index contributed by atoms with van der Waals surface area (Å²) < 4.78 is 542. The number of hydrogen-bond acceptors (Lipinski definition) is 2. The standard InChI is InChI=1S/C18F40N2/c19-1(20,9(35,36)37)5(27,28)13(47,48)59(14(49,50)6(29,30)2(21,22)10(38,39)40)17(55,56)18(57,58)60(15(51,52)7(31,32)3(23,24)11(41,42)43)16(53,54)8(33,34)4(25,26)12(44,45)46. The molecule has 0 aromatic heterocycles. The first-order valence-corrected chi connectivity index (χ1v) is 12.2. The van der Waals surface area contributed by atoms with Crippen LogP contribution in [0, 0.1) is 0 Å². The van der Waals surface area contributed by atoms with Gasteiger partial charge in [-0.2, -0.15) is 176 Å². The largest absolute Gasteiger partial charge is 0.460 e. The Hall–Kier alpha value is -2.88. The van der Waals surface area contributed by atoms with Gasteiger partial charge in [0.1, 0.15) is 0 Å². The highest BCUT2D eigenvalue weighted by Gasteiger charge is 2.98. The number of halogens is 40. The summed E-state index contributed by atoms with van der Waals surface area (Å²) in [6.07, 6.45) is -36.0. The van der Waals surface area contributed by atoms with E-state index in [9.17, 15) is 176 Å². The summed E-state index contributed by atoms with van der Waals surface area (Å²) in [6.45, 7) is 0. The Morgan fingerprint density at radius 2 is 0.233 bits per heavy atom.